The number of nitrogens with one attached hydrogen (secondary N) is 1. The Bertz CT molecular complexity index is 922. The van der Waals surface area contributed by atoms with Crippen molar-refractivity contribution in [1.82, 2.24) is 9.55 Å². The van der Waals surface area contributed by atoms with E-state index < -0.39 is 23.5 Å². The lowest BCUT2D eigenvalue weighted by Gasteiger charge is -2.16. The Balaban J connectivity index is 2.46. The van der Waals surface area contributed by atoms with Crippen LogP contribution in [0.1, 0.15) is 10.5 Å². The van der Waals surface area contributed by atoms with Crippen molar-refractivity contribution in [2.45, 2.75) is 37.3 Å². The summed E-state index contributed by atoms with van der Waals surface area (Å²) in [6, 6.07) is 2.36. The number of hydrogen-bond donors (Lipinski definition) is 1. The van der Waals surface area contributed by atoms with Gasteiger partial charge >= 0.3 is 0 Å². The molecule has 0 amide bonds. The number of aldehydes is 1. The molecule has 0 aromatic carbocycles. The predicted molar refractivity (Wildman–Crippen MR) is 95.2 cm³/mol. The van der Waals surface area contributed by atoms with Crippen LogP contribution in [0.2, 0.25) is 25.7 Å². The standard InChI is InChI=1S/C15H22N2O5SSi/c1-23(20,21)13-8-16-15(19)14-12(13)7-11(9-18)17(14)10-22-5-6-24(2,3)4/h7-9H,5-6,10H2,1-4H3,(H,16,19). The Morgan fingerprint density at radius 1 is 1.33 bits per heavy atom. The predicted octanol–water partition coefficient (Wildman–Crippen LogP) is 1.86. The summed E-state index contributed by atoms with van der Waals surface area (Å²) >= 11 is 0. The number of H-pyrrole nitrogens is 1. The van der Waals surface area contributed by atoms with E-state index in [4.69, 9.17) is 4.74 Å². The van der Waals surface area contributed by atoms with Gasteiger partial charge in [0.05, 0.1) is 10.6 Å². The molecule has 0 saturated heterocycles. The number of ether oxygens (including phenoxy) is 1. The fourth-order valence-corrected chi connectivity index (χ4v) is 3.94. The Hall–Kier alpha value is -1.71. The lowest BCUT2D eigenvalue weighted by atomic mass is 10.3. The Morgan fingerprint density at radius 3 is 2.54 bits per heavy atom. The molecule has 0 aliphatic heterocycles. The molecule has 0 spiro atoms. The molecule has 0 saturated carbocycles. The summed E-state index contributed by atoms with van der Waals surface area (Å²) in [4.78, 5) is 25.9. The smallest absolute Gasteiger partial charge is 0.272 e. The van der Waals surface area contributed by atoms with E-state index in [1.807, 2.05) is 0 Å². The summed E-state index contributed by atoms with van der Waals surface area (Å²) in [5.74, 6) is 0. The van der Waals surface area contributed by atoms with Gasteiger partial charge < -0.3 is 14.3 Å². The van der Waals surface area contributed by atoms with E-state index in [2.05, 4.69) is 24.6 Å². The van der Waals surface area contributed by atoms with Crippen molar-refractivity contribution in [3.8, 4) is 0 Å². The zero-order valence-electron chi connectivity index (χ0n) is 14.3. The molecule has 2 aromatic heterocycles. The molecule has 1 N–H and O–H groups in total. The van der Waals surface area contributed by atoms with E-state index in [-0.39, 0.29) is 28.2 Å². The van der Waals surface area contributed by atoms with E-state index in [9.17, 15) is 18.0 Å². The van der Waals surface area contributed by atoms with Crippen molar-refractivity contribution in [2.75, 3.05) is 12.9 Å². The molecule has 7 nitrogen and oxygen atoms in total. The van der Waals surface area contributed by atoms with E-state index in [1.54, 1.807) is 0 Å². The molecule has 0 radical (unpaired) electrons. The van der Waals surface area contributed by atoms with Crippen LogP contribution in [0.15, 0.2) is 22.0 Å². The average Bonchev–Trinajstić information content (AvgIpc) is 2.81. The number of pyridine rings is 1. The van der Waals surface area contributed by atoms with Crippen LogP contribution in [0.4, 0.5) is 0 Å². The number of carbonyl (C=O) groups excluding carboxylic acids is 1. The van der Waals surface area contributed by atoms with Crippen LogP contribution in [0.25, 0.3) is 10.9 Å². The molecular weight excluding hydrogens is 348 g/mol. The first-order valence-corrected chi connectivity index (χ1v) is 13.1. The van der Waals surface area contributed by atoms with Gasteiger partial charge in [-0.3, -0.25) is 9.59 Å². The third kappa shape index (κ3) is 4.03. The maximum atomic E-state index is 12.2. The Kier molecular flexibility index (Phi) is 5.16. The van der Waals surface area contributed by atoms with Crippen molar-refractivity contribution in [2.24, 2.45) is 0 Å². The minimum atomic E-state index is -3.54. The summed E-state index contributed by atoms with van der Waals surface area (Å²) in [7, 11) is -4.79. The van der Waals surface area contributed by atoms with Gasteiger partial charge in [0, 0.05) is 32.5 Å². The minimum Gasteiger partial charge on any atom is -0.361 e. The molecule has 0 aliphatic rings. The summed E-state index contributed by atoms with van der Waals surface area (Å²) in [6.45, 7) is 7.22. The molecule has 2 heterocycles. The van der Waals surface area contributed by atoms with Gasteiger partial charge in [0.1, 0.15) is 12.2 Å². The van der Waals surface area contributed by atoms with Crippen LogP contribution in [-0.4, -0.2) is 45.2 Å². The largest absolute Gasteiger partial charge is 0.361 e. The average molecular weight is 371 g/mol. The second kappa shape index (κ2) is 6.65. The minimum absolute atomic E-state index is 0.0129. The van der Waals surface area contributed by atoms with Crippen molar-refractivity contribution < 1.29 is 17.9 Å². The zero-order chi connectivity index (χ0) is 18.1. The first-order chi connectivity index (χ1) is 11.0. The van der Waals surface area contributed by atoms with E-state index in [0.29, 0.717) is 12.9 Å². The van der Waals surface area contributed by atoms with Gasteiger partial charge in [0.25, 0.3) is 5.56 Å². The highest BCUT2D eigenvalue weighted by atomic mass is 32.2. The van der Waals surface area contributed by atoms with Crippen molar-refractivity contribution >= 4 is 35.1 Å². The number of hydrogen-bond acceptors (Lipinski definition) is 5. The molecule has 0 aliphatic carbocycles. The Labute approximate surface area is 141 Å². The second-order valence-corrected chi connectivity index (χ2v) is 14.6. The van der Waals surface area contributed by atoms with Crippen molar-refractivity contribution in [3.05, 3.63) is 28.3 Å². The van der Waals surface area contributed by atoms with Crippen molar-refractivity contribution in [1.29, 1.82) is 0 Å². The molecule has 0 fully saturated rings. The number of rotatable bonds is 7. The number of sulfone groups is 1. The number of aromatic nitrogens is 2. The fraction of sp³-hybridized carbons (Fsp3) is 0.467. The summed E-state index contributed by atoms with van der Waals surface area (Å²) < 4.78 is 30.8. The topological polar surface area (TPSA) is 98.2 Å². The summed E-state index contributed by atoms with van der Waals surface area (Å²) in [6.07, 6.45) is 2.81. The van der Waals surface area contributed by atoms with Crippen LogP contribution in [-0.2, 0) is 21.3 Å². The van der Waals surface area contributed by atoms with Gasteiger partial charge in [-0.2, -0.15) is 0 Å². The maximum Gasteiger partial charge on any atom is 0.272 e. The molecule has 0 atom stereocenters. The molecule has 9 heteroatoms. The van der Waals surface area contributed by atoms with Crippen LogP contribution >= 0.6 is 0 Å². The Morgan fingerprint density at radius 2 is 2.00 bits per heavy atom. The van der Waals surface area contributed by atoms with Gasteiger partial charge in [-0.1, -0.05) is 19.6 Å². The summed E-state index contributed by atoms with van der Waals surface area (Å²) in [5.41, 5.74) is -0.119. The van der Waals surface area contributed by atoms with Gasteiger partial charge in [0.2, 0.25) is 0 Å². The first-order valence-electron chi connectivity index (χ1n) is 7.52. The first kappa shape index (κ1) is 18.6. The van der Waals surface area contributed by atoms with Crippen LogP contribution in [0, 0.1) is 0 Å². The third-order valence-electron chi connectivity index (χ3n) is 3.68. The van der Waals surface area contributed by atoms with Crippen LogP contribution in [0.3, 0.4) is 0 Å². The maximum absolute atomic E-state index is 12.2. The molecular formula is C15H22N2O5SSi. The molecule has 2 rings (SSSR count). The van der Waals surface area contributed by atoms with Crippen molar-refractivity contribution in [3.63, 3.8) is 0 Å². The number of carbonyl (C=O) groups is 1. The molecule has 0 bridgehead atoms. The fourth-order valence-electron chi connectivity index (χ4n) is 2.36. The number of nitrogens with zero attached hydrogens (tertiary/aromatic N) is 1. The number of fused-ring (bicyclic) bond motifs is 1. The van der Waals surface area contributed by atoms with E-state index >= 15 is 0 Å². The highest BCUT2D eigenvalue weighted by Gasteiger charge is 2.20. The zero-order valence-corrected chi connectivity index (χ0v) is 16.1. The SMILES string of the molecule is C[Si](C)(C)CCOCn1c(C=O)cc2c(S(C)(=O)=O)c[nH]c(=O)c21. The molecule has 0 unspecified atom stereocenters. The monoisotopic (exact) mass is 370 g/mol. The third-order valence-corrected chi connectivity index (χ3v) is 6.52. The lowest BCUT2D eigenvalue weighted by Crippen LogP contribution is -2.22. The molecule has 2 aromatic rings. The lowest BCUT2D eigenvalue weighted by molar-refractivity contribution is 0.0862. The highest BCUT2D eigenvalue weighted by molar-refractivity contribution is 7.91. The molecule has 132 valence electrons. The highest BCUT2D eigenvalue weighted by Crippen LogP contribution is 2.23. The van der Waals surface area contributed by atoms with Crippen LogP contribution in [0.5, 0.6) is 0 Å². The van der Waals surface area contributed by atoms with Gasteiger partial charge in [-0.05, 0) is 12.1 Å². The number of aromatic amines is 1. The van der Waals surface area contributed by atoms with Gasteiger partial charge in [0.15, 0.2) is 16.1 Å². The van der Waals surface area contributed by atoms with Crippen LogP contribution < -0.4 is 5.56 Å². The normalized spacial score (nSPS) is 12.7. The van der Waals surface area contributed by atoms with Gasteiger partial charge in [-0.15, -0.1) is 0 Å². The molecule has 24 heavy (non-hydrogen) atoms. The summed E-state index contributed by atoms with van der Waals surface area (Å²) in [5, 5.41) is 0.233. The van der Waals surface area contributed by atoms with Gasteiger partial charge in [-0.25, -0.2) is 8.42 Å². The van der Waals surface area contributed by atoms with E-state index in [0.717, 1.165) is 18.5 Å². The van der Waals surface area contributed by atoms with E-state index in [1.165, 1.54) is 10.6 Å². The quantitative estimate of drug-likeness (QED) is 0.456. The second-order valence-electron chi connectivity index (χ2n) is 6.98.